The molecule has 78 valence electrons. The zero-order chi connectivity index (χ0) is 10.5. The molecule has 2 heterocycles. The van der Waals surface area contributed by atoms with Gasteiger partial charge in [0.1, 0.15) is 5.82 Å². The van der Waals surface area contributed by atoms with Gasteiger partial charge in [0.05, 0.1) is 30.6 Å². The summed E-state index contributed by atoms with van der Waals surface area (Å²) in [5.41, 5.74) is 1.77. The van der Waals surface area contributed by atoms with Crippen molar-refractivity contribution >= 4 is 5.82 Å². The minimum Gasteiger partial charge on any atom is -0.472 e. The Morgan fingerprint density at radius 1 is 1.40 bits per heavy atom. The van der Waals surface area contributed by atoms with E-state index in [1.165, 1.54) is 0 Å². The Balaban J connectivity index is 2.19. The molecular formula is C11H13N3O. The molecule has 0 fully saturated rings. The predicted octanol–water partition coefficient (Wildman–Crippen LogP) is 2.56. The lowest BCUT2D eigenvalue weighted by atomic mass is 10.2. The molecule has 2 rings (SSSR count). The topological polar surface area (TPSA) is 51.0 Å². The highest BCUT2D eigenvalue weighted by Crippen LogP contribution is 2.17. The van der Waals surface area contributed by atoms with Crippen LogP contribution in [0.5, 0.6) is 0 Å². The lowest BCUT2D eigenvalue weighted by Gasteiger charge is -2.03. The smallest absolute Gasteiger partial charge is 0.145 e. The lowest BCUT2D eigenvalue weighted by Crippen LogP contribution is -2.02. The minimum atomic E-state index is 0.801. The number of nitrogens with one attached hydrogen (secondary N) is 1. The first-order chi connectivity index (χ1) is 7.40. The van der Waals surface area contributed by atoms with Crippen LogP contribution in [0.2, 0.25) is 0 Å². The molecule has 4 heteroatoms. The highest BCUT2D eigenvalue weighted by molar-refractivity contribution is 5.58. The van der Waals surface area contributed by atoms with Crippen molar-refractivity contribution in [1.82, 2.24) is 9.97 Å². The second kappa shape index (κ2) is 4.59. The van der Waals surface area contributed by atoms with Crippen LogP contribution in [-0.2, 0) is 0 Å². The molecule has 0 radical (unpaired) electrons. The van der Waals surface area contributed by atoms with E-state index >= 15 is 0 Å². The Morgan fingerprint density at radius 3 is 3.07 bits per heavy atom. The van der Waals surface area contributed by atoms with Crippen LogP contribution in [0.1, 0.15) is 13.3 Å². The molecule has 0 atom stereocenters. The van der Waals surface area contributed by atoms with Gasteiger partial charge in [-0.2, -0.15) is 0 Å². The van der Waals surface area contributed by atoms with Gasteiger partial charge in [0.2, 0.25) is 0 Å². The number of rotatable bonds is 4. The number of hydrogen-bond acceptors (Lipinski definition) is 4. The molecule has 0 bridgehead atoms. The third-order valence-electron chi connectivity index (χ3n) is 2.01. The summed E-state index contributed by atoms with van der Waals surface area (Å²) in [5.74, 6) is 0.801. The molecule has 4 nitrogen and oxygen atoms in total. The molecule has 2 aromatic heterocycles. The molecule has 0 unspecified atom stereocenters. The van der Waals surface area contributed by atoms with Gasteiger partial charge in [0.25, 0.3) is 0 Å². The van der Waals surface area contributed by atoms with Gasteiger partial charge >= 0.3 is 0 Å². The van der Waals surface area contributed by atoms with Crippen LogP contribution >= 0.6 is 0 Å². The Labute approximate surface area is 88.4 Å². The third-order valence-corrected chi connectivity index (χ3v) is 2.01. The monoisotopic (exact) mass is 203 g/mol. The Bertz CT molecular complexity index is 412. The van der Waals surface area contributed by atoms with Gasteiger partial charge in [-0.05, 0) is 12.5 Å². The van der Waals surface area contributed by atoms with Crippen LogP contribution in [0.3, 0.4) is 0 Å². The second-order valence-electron chi connectivity index (χ2n) is 3.23. The van der Waals surface area contributed by atoms with Gasteiger partial charge in [-0.15, -0.1) is 0 Å². The molecule has 1 N–H and O–H groups in total. The van der Waals surface area contributed by atoms with Crippen molar-refractivity contribution in [3.8, 4) is 11.3 Å². The minimum absolute atomic E-state index is 0.801. The van der Waals surface area contributed by atoms with Crippen LogP contribution in [0.4, 0.5) is 5.82 Å². The first kappa shape index (κ1) is 9.71. The summed E-state index contributed by atoms with van der Waals surface area (Å²) in [4.78, 5) is 8.55. The summed E-state index contributed by atoms with van der Waals surface area (Å²) in [5, 5.41) is 3.19. The average Bonchev–Trinajstić information content (AvgIpc) is 2.80. The van der Waals surface area contributed by atoms with Crippen LogP contribution in [-0.4, -0.2) is 16.5 Å². The highest BCUT2D eigenvalue weighted by Gasteiger charge is 2.02. The Kier molecular flexibility index (Phi) is 2.97. The van der Waals surface area contributed by atoms with E-state index in [1.807, 2.05) is 6.07 Å². The molecule has 15 heavy (non-hydrogen) atoms. The molecule has 0 spiro atoms. The van der Waals surface area contributed by atoms with Gasteiger partial charge in [0.15, 0.2) is 0 Å². The Morgan fingerprint density at radius 2 is 2.33 bits per heavy atom. The molecule has 0 saturated carbocycles. The number of furan rings is 1. The van der Waals surface area contributed by atoms with E-state index < -0.39 is 0 Å². The molecule has 2 aromatic rings. The van der Waals surface area contributed by atoms with E-state index in [4.69, 9.17) is 4.42 Å². The fourth-order valence-electron chi connectivity index (χ4n) is 1.25. The Hall–Kier alpha value is -1.84. The maximum Gasteiger partial charge on any atom is 0.145 e. The first-order valence-electron chi connectivity index (χ1n) is 4.98. The van der Waals surface area contributed by atoms with Crippen LogP contribution in [0.25, 0.3) is 11.3 Å². The average molecular weight is 203 g/mol. The van der Waals surface area contributed by atoms with Gasteiger partial charge in [-0.25, -0.2) is 4.98 Å². The third kappa shape index (κ3) is 2.34. The first-order valence-corrected chi connectivity index (χ1v) is 4.98. The molecule has 0 aromatic carbocycles. The fourth-order valence-corrected chi connectivity index (χ4v) is 1.25. The SMILES string of the molecule is CCCNc1cncc(-c2ccoc2)n1. The van der Waals surface area contributed by atoms with E-state index in [2.05, 4.69) is 22.2 Å². The normalized spacial score (nSPS) is 10.2. The van der Waals surface area contributed by atoms with Gasteiger partial charge in [-0.3, -0.25) is 4.98 Å². The second-order valence-corrected chi connectivity index (χ2v) is 3.23. The maximum absolute atomic E-state index is 5.00. The molecular weight excluding hydrogens is 190 g/mol. The summed E-state index contributed by atoms with van der Waals surface area (Å²) >= 11 is 0. The quantitative estimate of drug-likeness (QED) is 0.829. The number of aromatic nitrogens is 2. The number of hydrogen-bond donors (Lipinski definition) is 1. The van der Waals surface area contributed by atoms with E-state index in [0.29, 0.717) is 0 Å². The van der Waals surface area contributed by atoms with Crippen LogP contribution in [0.15, 0.2) is 35.4 Å². The van der Waals surface area contributed by atoms with Crippen molar-refractivity contribution in [2.75, 3.05) is 11.9 Å². The molecule has 0 aliphatic rings. The summed E-state index contributed by atoms with van der Waals surface area (Å²) < 4.78 is 5.00. The van der Waals surface area contributed by atoms with Crippen molar-refractivity contribution in [1.29, 1.82) is 0 Å². The number of anilines is 1. The van der Waals surface area contributed by atoms with Crippen molar-refractivity contribution < 1.29 is 4.42 Å². The van der Waals surface area contributed by atoms with Crippen molar-refractivity contribution in [3.63, 3.8) is 0 Å². The van der Waals surface area contributed by atoms with E-state index in [9.17, 15) is 0 Å². The summed E-state index contributed by atoms with van der Waals surface area (Å²) in [7, 11) is 0. The van der Waals surface area contributed by atoms with E-state index in [-0.39, 0.29) is 0 Å². The van der Waals surface area contributed by atoms with Gasteiger partial charge < -0.3 is 9.73 Å². The summed E-state index contributed by atoms with van der Waals surface area (Å²) in [6, 6.07) is 1.87. The summed E-state index contributed by atoms with van der Waals surface area (Å²) in [6.07, 6.45) is 7.80. The zero-order valence-corrected chi connectivity index (χ0v) is 8.60. The number of nitrogens with zero attached hydrogens (tertiary/aromatic N) is 2. The molecule has 0 aliphatic carbocycles. The molecule has 0 saturated heterocycles. The van der Waals surface area contributed by atoms with Gasteiger partial charge in [-0.1, -0.05) is 6.92 Å². The largest absolute Gasteiger partial charge is 0.472 e. The van der Waals surface area contributed by atoms with Crippen molar-refractivity contribution in [2.24, 2.45) is 0 Å². The predicted molar refractivity (Wildman–Crippen MR) is 58.5 cm³/mol. The lowest BCUT2D eigenvalue weighted by molar-refractivity contribution is 0.568. The molecule has 0 aliphatic heterocycles. The van der Waals surface area contributed by atoms with Crippen molar-refractivity contribution in [3.05, 3.63) is 31.0 Å². The van der Waals surface area contributed by atoms with E-state index in [1.54, 1.807) is 24.9 Å². The standard InChI is InChI=1S/C11H13N3O/c1-2-4-13-11-7-12-6-10(14-11)9-3-5-15-8-9/h3,5-8H,2,4H2,1H3,(H,13,14). The van der Waals surface area contributed by atoms with Crippen molar-refractivity contribution in [2.45, 2.75) is 13.3 Å². The highest BCUT2D eigenvalue weighted by atomic mass is 16.3. The molecule has 0 amide bonds. The van der Waals surface area contributed by atoms with Crippen LogP contribution in [0, 0.1) is 0 Å². The zero-order valence-electron chi connectivity index (χ0n) is 8.60. The maximum atomic E-state index is 5.00. The van der Waals surface area contributed by atoms with E-state index in [0.717, 1.165) is 30.0 Å². The van der Waals surface area contributed by atoms with Crippen LogP contribution < -0.4 is 5.32 Å². The van der Waals surface area contributed by atoms with Gasteiger partial charge in [0, 0.05) is 12.1 Å². The summed E-state index contributed by atoms with van der Waals surface area (Å²) in [6.45, 7) is 3.02. The fraction of sp³-hybridized carbons (Fsp3) is 0.273.